The minimum Gasteiger partial charge on any atom is -0.309 e. The zero-order valence-electron chi connectivity index (χ0n) is 27.0. The van der Waals surface area contributed by atoms with Gasteiger partial charge in [-0.3, -0.25) is 0 Å². The van der Waals surface area contributed by atoms with E-state index in [1.54, 1.807) is 0 Å². The highest BCUT2D eigenvalue weighted by molar-refractivity contribution is 7.20. The largest absolute Gasteiger partial charge is 0.309 e. The lowest BCUT2D eigenvalue weighted by Gasteiger charge is -2.36. The van der Waals surface area contributed by atoms with Crippen LogP contribution in [0.1, 0.15) is 16.7 Å². The van der Waals surface area contributed by atoms with Crippen LogP contribution in [0, 0.1) is 34.0 Å². The highest BCUT2D eigenvalue weighted by Crippen LogP contribution is 2.35. The van der Waals surface area contributed by atoms with Crippen LogP contribution in [0.5, 0.6) is 0 Å². The minimum absolute atomic E-state index is 0.488. The summed E-state index contributed by atoms with van der Waals surface area (Å²) in [6.45, 7) is 0. The van der Waals surface area contributed by atoms with Crippen LogP contribution in [-0.4, -0.2) is 12.6 Å². The maximum absolute atomic E-state index is 10.8. The number of nitrogens with zero attached hydrogens (tertiary/aromatic N) is 4. The second-order valence-electron chi connectivity index (χ2n) is 12.3. The Hall–Kier alpha value is -6.97. The van der Waals surface area contributed by atoms with E-state index in [2.05, 4.69) is 120 Å². The molecule has 1 heterocycles. The van der Waals surface area contributed by atoms with Gasteiger partial charge in [-0.05, 0) is 80.4 Å². The first-order chi connectivity index (χ1) is 24.7. The van der Waals surface area contributed by atoms with E-state index in [-0.39, 0.29) is 0 Å². The molecule has 0 aliphatic heterocycles. The van der Waals surface area contributed by atoms with Crippen molar-refractivity contribution < 1.29 is 0 Å². The van der Waals surface area contributed by atoms with Gasteiger partial charge >= 0.3 is 0 Å². The number of fused-ring (bicyclic) bond motifs is 3. The lowest BCUT2D eigenvalue weighted by atomic mass is 9.97. The predicted molar refractivity (Wildman–Crippen MR) is 204 cm³/mol. The Balaban J connectivity index is 1.50. The molecule has 4 nitrogen and oxygen atoms in total. The Morgan fingerprint density at radius 1 is 0.440 bits per heavy atom. The summed E-state index contributed by atoms with van der Waals surface area (Å²) in [7, 11) is -3.06. The van der Waals surface area contributed by atoms with Crippen LogP contribution in [0.25, 0.3) is 38.6 Å². The molecule has 0 saturated heterocycles. The lowest BCUT2D eigenvalue weighted by Crippen LogP contribution is -2.75. The third-order valence-corrected chi connectivity index (χ3v) is 14.4. The monoisotopic (exact) mass is 652 g/mol. The molecule has 0 N–H and O–H groups in total. The van der Waals surface area contributed by atoms with Gasteiger partial charge < -0.3 is 4.57 Å². The SMILES string of the molecule is N#Cc1cc(-c2c(C#N)cccc2[Si](c2ccccc2)(c2ccccc2)c2ccccc2)cc(-n2c3ccccc3c3cc(C#N)ccc32)c1. The second-order valence-corrected chi connectivity index (χ2v) is 16.0. The highest BCUT2D eigenvalue weighted by atomic mass is 28.3. The van der Waals surface area contributed by atoms with E-state index in [9.17, 15) is 15.8 Å². The molecule has 8 aromatic rings. The number of nitriles is 3. The molecular formula is C45H28N4Si. The molecule has 0 unspecified atom stereocenters. The minimum atomic E-state index is -3.06. The summed E-state index contributed by atoms with van der Waals surface area (Å²) in [6, 6.07) is 64.9. The summed E-state index contributed by atoms with van der Waals surface area (Å²) in [5, 5.41) is 37.6. The summed E-state index contributed by atoms with van der Waals surface area (Å²) >= 11 is 0. The van der Waals surface area contributed by atoms with E-state index < -0.39 is 8.07 Å². The molecule has 0 spiro atoms. The van der Waals surface area contributed by atoms with Crippen LogP contribution in [-0.2, 0) is 0 Å². The van der Waals surface area contributed by atoms with Gasteiger partial charge in [0.25, 0.3) is 0 Å². The lowest BCUT2D eigenvalue weighted by molar-refractivity contribution is 1.18. The molecule has 0 atom stereocenters. The second kappa shape index (κ2) is 12.6. The average molecular weight is 653 g/mol. The molecule has 1 aromatic heterocycles. The Bertz CT molecular complexity index is 2580. The van der Waals surface area contributed by atoms with E-state index >= 15 is 0 Å². The molecule has 0 radical (unpaired) electrons. The number of benzene rings is 7. The van der Waals surface area contributed by atoms with Crippen LogP contribution >= 0.6 is 0 Å². The smallest absolute Gasteiger partial charge is 0.180 e. The van der Waals surface area contributed by atoms with E-state index in [4.69, 9.17) is 0 Å². The van der Waals surface area contributed by atoms with Crippen LogP contribution in [0.4, 0.5) is 0 Å². The topological polar surface area (TPSA) is 76.3 Å². The maximum Gasteiger partial charge on any atom is 0.180 e. The van der Waals surface area contributed by atoms with Crippen molar-refractivity contribution in [2.24, 2.45) is 0 Å². The third-order valence-electron chi connectivity index (χ3n) is 9.60. The molecule has 0 fully saturated rings. The standard InChI is InChI=1S/C45H28N4Si/c46-29-32-23-24-43-41(27-32)40-20-10-11-21-42(40)49(43)36-26-33(30-47)25-35(28-36)45-34(31-48)13-12-22-44(45)50(37-14-4-1-5-15-37,38-16-6-2-7-17-38)39-18-8-3-9-19-39/h1-28H. The van der Waals surface area contributed by atoms with E-state index in [0.717, 1.165) is 43.8 Å². The van der Waals surface area contributed by atoms with Crippen LogP contribution in [0.15, 0.2) is 170 Å². The number of hydrogen-bond acceptors (Lipinski definition) is 3. The van der Waals surface area contributed by atoms with Gasteiger partial charge in [0, 0.05) is 16.5 Å². The zero-order valence-corrected chi connectivity index (χ0v) is 28.0. The molecule has 7 aromatic carbocycles. The summed E-state index contributed by atoms with van der Waals surface area (Å²) in [5.74, 6) is 0. The molecular weight excluding hydrogens is 625 g/mol. The summed E-state index contributed by atoms with van der Waals surface area (Å²) in [6.07, 6.45) is 0. The third kappa shape index (κ3) is 4.80. The van der Waals surface area contributed by atoms with Crippen molar-refractivity contribution in [2.45, 2.75) is 0 Å². The van der Waals surface area contributed by atoms with Gasteiger partial charge in [-0.15, -0.1) is 0 Å². The van der Waals surface area contributed by atoms with E-state index in [0.29, 0.717) is 16.7 Å². The van der Waals surface area contributed by atoms with Crippen LogP contribution in [0.3, 0.4) is 0 Å². The van der Waals surface area contributed by atoms with E-state index in [1.807, 2.05) is 72.8 Å². The zero-order chi connectivity index (χ0) is 34.1. The highest BCUT2D eigenvalue weighted by Gasteiger charge is 2.43. The van der Waals surface area contributed by atoms with Gasteiger partial charge in [-0.25, -0.2) is 0 Å². The van der Waals surface area contributed by atoms with Gasteiger partial charge in [0.15, 0.2) is 8.07 Å². The quantitative estimate of drug-likeness (QED) is 0.138. The van der Waals surface area contributed by atoms with Crippen molar-refractivity contribution in [2.75, 3.05) is 0 Å². The van der Waals surface area contributed by atoms with Gasteiger partial charge in [-0.2, -0.15) is 15.8 Å². The molecule has 0 amide bonds. The number of para-hydroxylation sites is 1. The van der Waals surface area contributed by atoms with Crippen molar-refractivity contribution in [3.63, 3.8) is 0 Å². The van der Waals surface area contributed by atoms with Crippen molar-refractivity contribution in [3.05, 3.63) is 187 Å². The first kappa shape index (κ1) is 30.4. The number of aromatic nitrogens is 1. The molecule has 0 aliphatic carbocycles. The molecule has 5 heteroatoms. The summed E-state index contributed by atoms with van der Waals surface area (Å²) in [5.41, 5.74) is 5.94. The fourth-order valence-corrected chi connectivity index (χ4v) is 12.6. The predicted octanol–water partition coefficient (Wildman–Crippen LogP) is 7.44. The fourth-order valence-electron chi connectivity index (χ4n) is 7.57. The van der Waals surface area contributed by atoms with Crippen molar-refractivity contribution in [1.82, 2.24) is 4.57 Å². The molecule has 0 saturated carbocycles. The average Bonchev–Trinajstić information content (AvgIpc) is 3.53. The Kier molecular flexibility index (Phi) is 7.63. The van der Waals surface area contributed by atoms with Gasteiger partial charge in [0.2, 0.25) is 0 Å². The molecule has 0 bridgehead atoms. The fraction of sp³-hybridized carbons (Fsp3) is 0. The first-order valence-corrected chi connectivity index (χ1v) is 18.4. The van der Waals surface area contributed by atoms with Gasteiger partial charge in [0.05, 0.1) is 45.9 Å². The summed E-state index contributed by atoms with van der Waals surface area (Å²) < 4.78 is 2.15. The first-order valence-electron chi connectivity index (χ1n) is 16.4. The van der Waals surface area contributed by atoms with Crippen molar-refractivity contribution in [1.29, 1.82) is 15.8 Å². The Morgan fingerprint density at radius 2 is 1.02 bits per heavy atom. The molecule has 0 aliphatic rings. The van der Waals surface area contributed by atoms with Crippen LogP contribution in [0.2, 0.25) is 0 Å². The van der Waals surface area contributed by atoms with Crippen LogP contribution < -0.4 is 20.7 Å². The maximum atomic E-state index is 10.8. The van der Waals surface area contributed by atoms with Gasteiger partial charge in [-0.1, -0.05) is 121 Å². The van der Waals surface area contributed by atoms with Crippen molar-refractivity contribution >= 4 is 50.6 Å². The molecule has 50 heavy (non-hydrogen) atoms. The van der Waals surface area contributed by atoms with E-state index in [1.165, 1.54) is 15.6 Å². The number of hydrogen-bond donors (Lipinski definition) is 0. The number of rotatable bonds is 6. The van der Waals surface area contributed by atoms with Crippen molar-refractivity contribution in [3.8, 4) is 35.0 Å². The summed E-state index contributed by atoms with van der Waals surface area (Å²) in [4.78, 5) is 0. The Labute approximate surface area is 291 Å². The molecule has 232 valence electrons. The Morgan fingerprint density at radius 3 is 1.62 bits per heavy atom. The molecule has 8 rings (SSSR count). The van der Waals surface area contributed by atoms with Gasteiger partial charge in [0.1, 0.15) is 0 Å². The normalized spacial score (nSPS) is 11.1.